The molecule has 0 heterocycles. The van der Waals surface area contributed by atoms with Crippen LogP contribution in [0.1, 0.15) is 5.56 Å². The van der Waals surface area contributed by atoms with Gasteiger partial charge in [0.25, 0.3) is 10.1 Å². The van der Waals surface area contributed by atoms with Gasteiger partial charge in [0.15, 0.2) is 0 Å². The molecule has 0 amide bonds. The van der Waals surface area contributed by atoms with Gasteiger partial charge in [-0.1, -0.05) is 6.07 Å². The first-order valence-corrected chi connectivity index (χ1v) is 5.92. The first-order chi connectivity index (χ1) is 7.46. The van der Waals surface area contributed by atoms with E-state index < -0.39 is 10.1 Å². The van der Waals surface area contributed by atoms with Crippen LogP contribution in [0.3, 0.4) is 0 Å². The summed E-state index contributed by atoms with van der Waals surface area (Å²) in [6.45, 7) is -0.222. The van der Waals surface area contributed by atoms with Gasteiger partial charge in [0.05, 0.1) is 12.9 Å². The molecule has 0 aliphatic rings. The van der Waals surface area contributed by atoms with Gasteiger partial charge in [0.2, 0.25) is 0 Å². The summed E-state index contributed by atoms with van der Waals surface area (Å²) in [5.41, 5.74) is 0.162. The predicted molar refractivity (Wildman–Crippen MR) is 57.0 cm³/mol. The standard InChI is InChI=1S/C8H8N2O5S/c1-16(13,14)15-5-6-2-3-7(9-11)8(4-6)10-12/h2-4H,5H2,1H3. The van der Waals surface area contributed by atoms with Crippen molar-refractivity contribution in [2.45, 2.75) is 6.61 Å². The van der Waals surface area contributed by atoms with E-state index in [9.17, 15) is 18.2 Å². The summed E-state index contributed by atoms with van der Waals surface area (Å²) in [4.78, 5) is 20.6. The number of hydrogen-bond acceptors (Lipinski definition) is 7. The Kier molecular flexibility index (Phi) is 3.80. The topological polar surface area (TPSA) is 102 Å². The van der Waals surface area contributed by atoms with E-state index in [-0.39, 0.29) is 18.0 Å². The van der Waals surface area contributed by atoms with Gasteiger partial charge < -0.3 is 0 Å². The van der Waals surface area contributed by atoms with E-state index in [1.165, 1.54) is 18.2 Å². The molecule has 0 N–H and O–H groups in total. The van der Waals surface area contributed by atoms with Crippen LogP contribution in [0.5, 0.6) is 0 Å². The normalized spacial score (nSPS) is 11.1. The molecule has 8 heteroatoms. The van der Waals surface area contributed by atoms with Crippen LogP contribution < -0.4 is 0 Å². The van der Waals surface area contributed by atoms with Crippen LogP contribution in [0, 0.1) is 9.81 Å². The number of benzene rings is 1. The Morgan fingerprint density at radius 1 is 1.19 bits per heavy atom. The van der Waals surface area contributed by atoms with E-state index in [1.807, 2.05) is 0 Å². The number of rotatable bonds is 5. The second-order valence-corrected chi connectivity index (χ2v) is 4.62. The third kappa shape index (κ3) is 3.48. The van der Waals surface area contributed by atoms with Gasteiger partial charge in [-0.3, -0.25) is 4.18 Å². The molecular formula is C8H8N2O5S. The predicted octanol–water partition coefficient (Wildman–Crippen LogP) is 1.96. The van der Waals surface area contributed by atoms with Crippen molar-refractivity contribution in [1.29, 1.82) is 0 Å². The molecular weight excluding hydrogens is 236 g/mol. The summed E-state index contributed by atoms with van der Waals surface area (Å²) in [5.74, 6) is 0. The summed E-state index contributed by atoms with van der Waals surface area (Å²) in [5, 5.41) is 5.19. The molecule has 1 rings (SSSR count). The minimum atomic E-state index is -3.55. The maximum absolute atomic E-state index is 10.7. The van der Waals surface area contributed by atoms with Gasteiger partial charge in [-0.25, -0.2) is 0 Å². The fourth-order valence-corrected chi connectivity index (χ4v) is 1.33. The SMILES string of the molecule is CS(=O)(=O)OCc1ccc(N=O)c(N=O)c1. The van der Waals surface area contributed by atoms with Crippen molar-refractivity contribution in [1.82, 2.24) is 0 Å². The largest absolute Gasteiger partial charge is 0.265 e. The number of nitrogens with zero attached hydrogens (tertiary/aromatic N) is 2. The summed E-state index contributed by atoms with van der Waals surface area (Å²) >= 11 is 0. The Bertz CT molecular complexity index is 511. The first-order valence-electron chi connectivity index (χ1n) is 4.10. The summed E-state index contributed by atoms with van der Waals surface area (Å²) in [7, 11) is -3.55. The van der Waals surface area contributed by atoms with Crippen molar-refractivity contribution in [2.75, 3.05) is 6.26 Å². The van der Waals surface area contributed by atoms with Gasteiger partial charge in [-0.2, -0.15) is 8.42 Å². The highest BCUT2D eigenvalue weighted by atomic mass is 32.2. The Balaban J connectivity index is 2.91. The Morgan fingerprint density at radius 3 is 2.31 bits per heavy atom. The fourth-order valence-electron chi connectivity index (χ4n) is 0.984. The van der Waals surface area contributed by atoms with Crippen LogP contribution in [-0.4, -0.2) is 14.7 Å². The lowest BCUT2D eigenvalue weighted by molar-refractivity contribution is 0.312. The van der Waals surface area contributed by atoms with Crippen molar-refractivity contribution < 1.29 is 12.6 Å². The lowest BCUT2D eigenvalue weighted by atomic mass is 10.2. The zero-order valence-electron chi connectivity index (χ0n) is 8.28. The molecule has 16 heavy (non-hydrogen) atoms. The lowest BCUT2D eigenvalue weighted by Crippen LogP contribution is -2.02. The quantitative estimate of drug-likeness (QED) is 0.581. The Hall–Kier alpha value is -1.67. The van der Waals surface area contributed by atoms with E-state index in [2.05, 4.69) is 14.5 Å². The Labute approximate surface area is 91.5 Å². The van der Waals surface area contributed by atoms with Crippen LogP contribution in [0.15, 0.2) is 28.6 Å². The minimum absolute atomic E-state index is 0.0990. The second-order valence-electron chi connectivity index (χ2n) is 2.97. The third-order valence-corrected chi connectivity index (χ3v) is 2.22. The lowest BCUT2D eigenvalue weighted by Gasteiger charge is -2.02. The molecule has 0 aliphatic carbocycles. The van der Waals surface area contributed by atoms with Crippen LogP contribution in [0.2, 0.25) is 0 Å². The molecule has 0 bridgehead atoms. The second kappa shape index (κ2) is 4.90. The average molecular weight is 244 g/mol. The van der Waals surface area contributed by atoms with E-state index in [0.717, 1.165) is 6.26 Å². The van der Waals surface area contributed by atoms with Gasteiger partial charge in [0.1, 0.15) is 11.4 Å². The molecule has 0 aliphatic heterocycles. The summed E-state index contributed by atoms with van der Waals surface area (Å²) < 4.78 is 25.9. The highest BCUT2D eigenvalue weighted by Gasteiger charge is 2.07. The molecule has 1 aromatic rings. The van der Waals surface area contributed by atoms with E-state index >= 15 is 0 Å². The monoisotopic (exact) mass is 244 g/mol. The molecule has 0 atom stereocenters. The molecule has 0 unspecified atom stereocenters. The molecule has 0 spiro atoms. The molecule has 0 radical (unpaired) electrons. The number of hydrogen-bond donors (Lipinski definition) is 0. The zero-order chi connectivity index (χ0) is 12.2. The molecule has 1 aromatic carbocycles. The molecule has 0 aromatic heterocycles. The minimum Gasteiger partial charge on any atom is -0.265 e. The highest BCUT2D eigenvalue weighted by Crippen LogP contribution is 2.28. The van der Waals surface area contributed by atoms with Gasteiger partial charge in [-0.15, -0.1) is 9.81 Å². The molecule has 86 valence electrons. The van der Waals surface area contributed by atoms with Crippen molar-refractivity contribution in [3.63, 3.8) is 0 Å². The van der Waals surface area contributed by atoms with Crippen molar-refractivity contribution >= 4 is 21.5 Å². The third-order valence-electron chi connectivity index (χ3n) is 1.68. The van der Waals surface area contributed by atoms with E-state index in [1.54, 1.807) is 0 Å². The van der Waals surface area contributed by atoms with Crippen molar-refractivity contribution in [2.24, 2.45) is 10.4 Å². The maximum atomic E-state index is 10.7. The van der Waals surface area contributed by atoms with Crippen molar-refractivity contribution in [3.05, 3.63) is 33.6 Å². The van der Waals surface area contributed by atoms with Crippen LogP contribution in [-0.2, 0) is 20.9 Å². The van der Waals surface area contributed by atoms with Gasteiger partial charge in [-0.05, 0) is 28.0 Å². The van der Waals surface area contributed by atoms with Gasteiger partial charge in [0, 0.05) is 0 Å². The molecule has 7 nitrogen and oxygen atoms in total. The smallest absolute Gasteiger partial charge is 0.264 e. The molecule has 0 saturated carbocycles. The maximum Gasteiger partial charge on any atom is 0.264 e. The van der Waals surface area contributed by atoms with Crippen LogP contribution in [0.4, 0.5) is 11.4 Å². The average Bonchev–Trinajstić information content (AvgIpc) is 2.25. The van der Waals surface area contributed by atoms with Gasteiger partial charge >= 0.3 is 0 Å². The first kappa shape index (κ1) is 12.4. The van der Waals surface area contributed by atoms with Crippen LogP contribution >= 0.6 is 0 Å². The fraction of sp³-hybridized carbons (Fsp3) is 0.250. The zero-order valence-corrected chi connectivity index (χ0v) is 9.10. The van der Waals surface area contributed by atoms with Crippen molar-refractivity contribution in [3.8, 4) is 0 Å². The highest BCUT2D eigenvalue weighted by molar-refractivity contribution is 7.85. The van der Waals surface area contributed by atoms with Crippen LogP contribution in [0.25, 0.3) is 0 Å². The number of nitroso groups, excluding NO2 is 2. The molecule has 0 saturated heterocycles. The summed E-state index contributed by atoms with van der Waals surface area (Å²) in [6.07, 6.45) is 0.910. The Morgan fingerprint density at radius 2 is 1.81 bits per heavy atom. The van der Waals surface area contributed by atoms with E-state index in [0.29, 0.717) is 5.56 Å². The van der Waals surface area contributed by atoms with E-state index in [4.69, 9.17) is 0 Å². The summed E-state index contributed by atoms with van der Waals surface area (Å²) in [6, 6.07) is 3.94. The molecule has 0 fully saturated rings.